The van der Waals surface area contributed by atoms with Crippen LogP contribution in [-0.4, -0.2) is 15.1 Å². The van der Waals surface area contributed by atoms with E-state index in [4.69, 9.17) is 0 Å². The van der Waals surface area contributed by atoms with E-state index in [0.717, 1.165) is 47.0 Å². The average Bonchev–Trinajstić information content (AvgIpc) is 3.05. The highest BCUT2D eigenvalue weighted by atomic mass is 32.3. The molecule has 0 aromatic heterocycles. The minimum Gasteiger partial charge on any atom is -0.192 e. The maximum absolute atomic E-state index is 12.7. The molecule has 144 valence electrons. The highest BCUT2D eigenvalue weighted by Crippen LogP contribution is 2.73. The van der Waals surface area contributed by atoms with Gasteiger partial charge in [-0.3, -0.25) is 0 Å². The third-order valence-electron chi connectivity index (χ3n) is 3.21. The van der Waals surface area contributed by atoms with E-state index >= 15 is 0 Å². The Morgan fingerprint density at radius 3 is 1.37 bits per heavy atom. The van der Waals surface area contributed by atoms with Gasteiger partial charge in [0, 0.05) is 33.8 Å². The molecule has 0 radical (unpaired) electrons. The maximum atomic E-state index is 12.7. The Bertz CT molecular complexity index is 768. The molecule has 0 saturated carbocycles. The normalized spacial score (nSPS) is 19.4. The fourth-order valence-corrected chi connectivity index (χ4v) is 9.02. The van der Waals surface area contributed by atoms with Gasteiger partial charge >= 0.3 is 12.4 Å². The summed E-state index contributed by atoms with van der Waals surface area (Å²) in [5.74, 6) is 0. The van der Waals surface area contributed by atoms with E-state index in [1.165, 1.54) is 0 Å². The van der Waals surface area contributed by atoms with Gasteiger partial charge in [0.15, 0.2) is 2.74 Å². The first-order chi connectivity index (χ1) is 12.3. The molecule has 1 spiro atoms. The number of thioether (sulfide) groups is 4. The number of alkyl halides is 6. The second kappa shape index (κ2) is 7.74. The minimum absolute atomic E-state index is 0.0404. The van der Waals surface area contributed by atoms with Crippen LogP contribution in [0.15, 0.2) is 43.9 Å². The molecule has 0 atom stereocenters. The largest absolute Gasteiger partial charge is 0.412 e. The number of rotatable bonds is 4. The predicted octanol–water partition coefficient (Wildman–Crippen LogP) is 7.05. The summed E-state index contributed by atoms with van der Waals surface area (Å²) in [5.41, 5.74) is -2.05. The van der Waals surface area contributed by atoms with Gasteiger partial charge in [0.05, 0.1) is 9.81 Å². The smallest absolute Gasteiger partial charge is 0.192 e. The van der Waals surface area contributed by atoms with Gasteiger partial charge in [-0.25, -0.2) is 0 Å². The Kier molecular flexibility index (Phi) is 6.37. The van der Waals surface area contributed by atoms with Crippen LogP contribution in [0.2, 0.25) is 0 Å². The maximum Gasteiger partial charge on any atom is 0.412 e. The number of halogens is 6. The summed E-state index contributed by atoms with van der Waals surface area (Å²) < 4.78 is 75.4. The lowest BCUT2D eigenvalue weighted by Crippen LogP contribution is -2.11. The first-order valence-corrected chi connectivity index (χ1v) is 10.1. The van der Waals surface area contributed by atoms with Gasteiger partial charge in [-0.15, -0.1) is 0 Å². The van der Waals surface area contributed by atoms with E-state index in [1.54, 1.807) is 0 Å². The molecule has 0 aliphatic carbocycles. The van der Waals surface area contributed by atoms with Gasteiger partial charge in [0.25, 0.3) is 0 Å². The molecular formula is C15H8F6N2S4. The van der Waals surface area contributed by atoms with Crippen molar-refractivity contribution in [2.75, 3.05) is 0 Å². The average molecular weight is 458 g/mol. The summed E-state index contributed by atoms with van der Waals surface area (Å²) in [7, 11) is 0. The number of hydrogen-bond acceptors (Lipinski definition) is 6. The zero-order chi connectivity index (χ0) is 20.6. The van der Waals surface area contributed by atoms with Crippen LogP contribution in [0, 0.1) is 22.7 Å². The highest BCUT2D eigenvalue weighted by molar-refractivity contribution is 8.53. The molecule has 2 heterocycles. The van der Waals surface area contributed by atoms with Gasteiger partial charge in [0.2, 0.25) is 0 Å². The Balaban J connectivity index is 2.19. The minimum atomic E-state index is -4.61. The predicted molar refractivity (Wildman–Crippen MR) is 98.0 cm³/mol. The van der Waals surface area contributed by atoms with Crippen molar-refractivity contribution in [3.63, 3.8) is 0 Å². The molecule has 0 fully saturated rings. The Hall–Kier alpha value is -1.08. The standard InChI is InChI=1S/C15H8F6N2S4/c1-7(13(16,17)18)3-9-11(5-22)26-15(24-9)25-10(12(6-23)27-15)4-8(2)14(19,20)21/h1-4H2. The molecule has 0 aromatic carbocycles. The van der Waals surface area contributed by atoms with Crippen LogP contribution < -0.4 is 0 Å². The zero-order valence-corrected chi connectivity index (χ0v) is 16.4. The molecule has 27 heavy (non-hydrogen) atoms. The molecule has 2 nitrogen and oxygen atoms in total. The van der Waals surface area contributed by atoms with Gasteiger partial charge < -0.3 is 0 Å². The van der Waals surface area contributed by atoms with Crippen molar-refractivity contribution in [2.45, 2.75) is 27.9 Å². The van der Waals surface area contributed by atoms with E-state index in [2.05, 4.69) is 13.2 Å². The molecule has 2 rings (SSSR count). The Labute approximate surface area is 167 Å². The van der Waals surface area contributed by atoms with Crippen molar-refractivity contribution in [2.24, 2.45) is 0 Å². The molecule has 0 amide bonds. The fraction of sp³-hybridized carbons (Fsp3) is 0.333. The lowest BCUT2D eigenvalue weighted by molar-refractivity contribution is -0.0934. The monoisotopic (exact) mass is 458 g/mol. The summed E-state index contributed by atoms with van der Waals surface area (Å²) in [6, 6.07) is 3.64. The van der Waals surface area contributed by atoms with E-state index < -0.39 is 39.1 Å². The van der Waals surface area contributed by atoms with Crippen LogP contribution in [0.4, 0.5) is 26.3 Å². The van der Waals surface area contributed by atoms with Crippen LogP contribution in [0.25, 0.3) is 0 Å². The first kappa shape index (κ1) is 22.2. The molecule has 2 aliphatic heterocycles. The third kappa shape index (κ3) is 5.05. The zero-order valence-electron chi connectivity index (χ0n) is 13.1. The number of allylic oxidation sites excluding steroid dienone is 6. The molecule has 0 aromatic rings. The summed E-state index contributed by atoms with van der Waals surface area (Å²) in [6.07, 6.45) is -10.4. The molecule has 0 N–H and O–H groups in total. The SMILES string of the molecule is C=C(CC1=C(C#N)SC2(SC(C#N)=C(CC(=C)C(F)(F)F)S2)S1)C(F)(F)F. The van der Waals surface area contributed by atoms with Crippen molar-refractivity contribution >= 4 is 47.0 Å². The van der Waals surface area contributed by atoms with Crippen LogP contribution in [0.5, 0.6) is 0 Å². The molecule has 0 bridgehead atoms. The lowest BCUT2D eigenvalue weighted by atomic mass is 10.2. The van der Waals surface area contributed by atoms with E-state index in [0.29, 0.717) is 0 Å². The van der Waals surface area contributed by atoms with E-state index in [9.17, 15) is 36.9 Å². The highest BCUT2D eigenvalue weighted by Gasteiger charge is 2.50. The van der Waals surface area contributed by atoms with Crippen molar-refractivity contribution < 1.29 is 26.3 Å². The van der Waals surface area contributed by atoms with E-state index in [-0.39, 0.29) is 19.6 Å². The first-order valence-electron chi connectivity index (χ1n) is 6.84. The van der Waals surface area contributed by atoms with Crippen LogP contribution >= 0.6 is 47.0 Å². The lowest BCUT2D eigenvalue weighted by Gasteiger charge is -2.20. The molecule has 0 saturated heterocycles. The summed E-state index contributed by atoms with van der Waals surface area (Å²) in [5, 5.41) is 18.4. The van der Waals surface area contributed by atoms with Gasteiger partial charge in [-0.05, 0) is 0 Å². The third-order valence-corrected chi connectivity index (χ3v) is 9.74. The summed E-state index contributed by atoms with van der Waals surface area (Å²) in [6.45, 7) is 5.96. The number of hydrogen-bond donors (Lipinski definition) is 0. The summed E-state index contributed by atoms with van der Waals surface area (Å²) >= 11 is 3.74. The van der Waals surface area contributed by atoms with Crippen molar-refractivity contribution in [1.29, 1.82) is 10.5 Å². The molecular weight excluding hydrogens is 450 g/mol. The quantitative estimate of drug-likeness (QED) is 0.332. The molecule has 2 aliphatic rings. The topological polar surface area (TPSA) is 47.6 Å². The van der Waals surface area contributed by atoms with Crippen molar-refractivity contribution in [3.05, 3.63) is 43.9 Å². The van der Waals surface area contributed by atoms with Crippen LogP contribution in [0.3, 0.4) is 0 Å². The second-order valence-electron chi connectivity index (χ2n) is 5.19. The van der Waals surface area contributed by atoms with Crippen molar-refractivity contribution in [1.82, 2.24) is 0 Å². The molecule has 0 unspecified atom stereocenters. The van der Waals surface area contributed by atoms with Gasteiger partial charge in [0.1, 0.15) is 12.1 Å². The Morgan fingerprint density at radius 2 is 1.11 bits per heavy atom. The van der Waals surface area contributed by atoms with Gasteiger partial charge in [-0.1, -0.05) is 60.2 Å². The summed E-state index contributed by atoms with van der Waals surface area (Å²) in [4.78, 5) is 0.355. The van der Waals surface area contributed by atoms with Crippen molar-refractivity contribution in [3.8, 4) is 12.1 Å². The van der Waals surface area contributed by atoms with Crippen LogP contribution in [0.1, 0.15) is 12.8 Å². The number of nitrogens with zero attached hydrogens (tertiary/aromatic N) is 2. The van der Waals surface area contributed by atoms with E-state index in [1.807, 2.05) is 12.1 Å². The molecule has 12 heteroatoms. The van der Waals surface area contributed by atoms with Gasteiger partial charge in [-0.2, -0.15) is 36.9 Å². The fourth-order valence-electron chi connectivity index (χ4n) is 1.87. The number of nitriles is 2. The van der Waals surface area contributed by atoms with Crippen LogP contribution in [-0.2, 0) is 0 Å². The second-order valence-corrected chi connectivity index (χ2v) is 11.8. The Morgan fingerprint density at radius 1 is 0.778 bits per heavy atom.